The number of halogens is 2. The van der Waals surface area contributed by atoms with Gasteiger partial charge >= 0.3 is 5.76 Å². The highest BCUT2D eigenvalue weighted by Crippen LogP contribution is 2.45. The van der Waals surface area contributed by atoms with Crippen LogP contribution >= 0.6 is 15.9 Å². The molecule has 3 atom stereocenters. The van der Waals surface area contributed by atoms with Crippen LogP contribution in [0.2, 0.25) is 0 Å². The minimum atomic E-state index is -3.21. The van der Waals surface area contributed by atoms with Crippen molar-refractivity contribution in [3.05, 3.63) is 44.7 Å². The Kier molecular flexibility index (Phi) is 4.86. The van der Waals surface area contributed by atoms with Gasteiger partial charge in [0.05, 0.1) is 16.4 Å². The van der Waals surface area contributed by atoms with Crippen molar-refractivity contribution >= 4 is 26.0 Å². The van der Waals surface area contributed by atoms with Crippen molar-refractivity contribution in [3.8, 4) is 17.2 Å². The number of fused-ring (bicyclic) bond motifs is 2. The van der Waals surface area contributed by atoms with Gasteiger partial charge in [-0.25, -0.2) is 26.8 Å². The van der Waals surface area contributed by atoms with E-state index in [1.54, 1.807) is 4.31 Å². The third-order valence-corrected chi connectivity index (χ3v) is 7.96. The maximum Gasteiger partial charge on any atom is 0.446 e. The molecule has 2 aliphatic rings. The Bertz CT molecular complexity index is 1320. The second kappa shape index (κ2) is 7.35. The molecule has 1 saturated carbocycles. The Morgan fingerprint density at radius 2 is 2.06 bits per heavy atom. The molecular formula is C18H17BrFN5O5S. The molecule has 31 heavy (non-hydrogen) atoms. The second-order valence-corrected chi connectivity index (χ2v) is 10.7. The normalized spacial score (nSPS) is 23.6. The number of nitrogens with zero attached hydrogens (tertiary/aromatic N) is 5. The van der Waals surface area contributed by atoms with E-state index in [1.165, 1.54) is 29.0 Å². The molecule has 3 unspecified atom stereocenters. The third-order valence-electron chi connectivity index (χ3n) is 6.05. The second-order valence-electron chi connectivity index (χ2n) is 7.95. The third kappa shape index (κ3) is 3.53. The molecule has 2 bridgehead atoms. The maximum atomic E-state index is 13.6. The number of hydrogen-bond donors (Lipinski definition) is 0. The number of benzene rings is 1. The number of hydrogen-bond acceptors (Lipinski definition) is 8. The van der Waals surface area contributed by atoms with Crippen LogP contribution in [0.25, 0.3) is 17.2 Å². The Morgan fingerprint density at radius 3 is 2.74 bits per heavy atom. The van der Waals surface area contributed by atoms with Crippen molar-refractivity contribution in [2.45, 2.75) is 25.3 Å². The fourth-order valence-corrected chi connectivity index (χ4v) is 6.23. The number of rotatable bonds is 5. The first kappa shape index (κ1) is 20.5. The molecule has 5 rings (SSSR count). The van der Waals surface area contributed by atoms with Crippen LogP contribution in [0.15, 0.2) is 36.6 Å². The number of aromatic nitrogens is 4. The van der Waals surface area contributed by atoms with Crippen LogP contribution < -0.4 is 5.76 Å². The first-order valence-electron chi connectivity index (χ1n) is 9.55. The van der Waals surface area contributed by atoms with Crippen LogP contribution in [-0.4, -0.2) is 51.6 Å². The lowest BCUT2D eigenvalue weighted by Crippen LogP contribution is -2.39. The van der Waals surface area contributed by atoms with Gasteiger partial charge in [-0.1, -0.05) is 10.3 Å². The monoisotopic (exact) mass is 513 g/mol. The summed E-state index contributed by atoms with van der Waals surface area (Å²) in [6.07, 6.45) is 3.28. The summed E-state index contributed by atoms with van der Waals surface area (Å²) in [7, 11) is -3.21. The molecule has 2 fully saturated rings. The van der Waals surface area contributed by atoms with Gasteiger partial charge in [-0.15, -0.1) is 0 Å². The fourth-order valence-electron chi connectivity index (χ4n) is 4.69. The van der Waals surface area contributed by atoms with Crippen molar-refractivity contribution in [2.75, 3.05) is 12.8 Å². The highest BCUT2D eigenvalue weighted by atomic mass is 79.9. The summed E-state index contributed by atoms with van der Waals surface area (Å²) in [5.74, 6) is -0.706. The molecule has 1 aliphatic carbocycles. The van der Waals surface area contributed by atoms with Crippen molar-refractivity contribution in [1.82, 2.24) is 24.3 Å². The molecule has 13 heteroatoms. The number of sulfonamides is 1. The Morgan fingerprint density at radius 1 is 1.26 bits per heavy atom. The summed E-state index contributed by atoms with van der Waals surface area (Å²) < 4.78 is 50.1. The SMILES string of the molecule is CS(=O)(=O)N1CC2CC1CC2Cc1nonc1-c1noc(=O)n1-c1ccc(F)c(Br)c1. The molecule has 1 aromatic carbocycles. The summed E-state index contributed by atoms with van der Waals surface area (Å²) in [5, 5.41) is 11.8. The van der Waals surface area contributed by atoms with Gasteiger partial charge in [0.25, 0.3) is 0 Å². The smallest absolute Gasteiger partial charge is 0.295 e. The summed E-state index contributed by atoms with van der Waals surface area (Å²) in [6.45, 7) is 0.493. The predicted octanol–water partition coefficient (Wildman–Crippen LogP) is 1.99. The van der Waals surface area contributed by atoms with Crippen molar-refractivity contribution < 1.29 is 22.0 Å². The molecule has 0 spiro atoms. The van der Waals surface area contributed by atoms with Crippen LogP contribution in [0.3, 0.4) is 0 Å². The molecule has 2 aromatic heterocycles. The van der Waals surface area contributed by atoms with E-state index in [0.717, 1.165) is 12.8 Å². The summed E-state index contributed by atoms with van der Waals surface area (Å²) in [4.78, 5) is 12.3. The molecule has 3 heterocycles. The van der Waals surface area contributed by atoms with E-state index in [0.29, 0.717) is 24.3 Å². The predicted molar refractivity (Wildman–Crippen MR) is 108 cm³/mol. The Hall–Kier alpha value is -2.38. The van der Waals surface area contributed by atoms with E-state index in [1.807, 2.05) is 0 Å². The lowest BCUT2D eigenvalue weighted by molar-refractivity contribution is 0.256. The zero-order valence-corrected chi connectivity index (χ0v) is 18.6. The lowest BCUT2D eigenvalue weighted by Gasteiger charge is -2.29. The molecule has 0 amide bonds. The van der Waals surface area contributed by atoms with E-state index in [9.17, 15) is 17.6 Å². The Labute approximate surface area is 184 Å². The Balaban J connectivity index is 1.44. The van der Waals surface area contributed by atoms with Crippen LogP contribution in [-0.2, 0) is 16.4 Å². The molecule has 164 valence electrons. The van der Waals surface area contributed by atoms with Gasteiger partial charge in [0, 0.05) is 12.6 Å². The maximum absolute atomic E-state index is 13.6. The van der Waals surface area contributed by atoms with E-state index in [2.05, 4.69) is 31.4 Å². The quantitative estimate of drug-likeness (QED) is 0.507. The van der Waals surface area contributed by atoms with Crippen molar-refractivity contribution in [2.24, 2.45) is 11.8 Å². The van der Waals surface area contributed by atoms with Crippen molar-refractivity contribution in [1.29, 1.82) is 0 Å². The first-order chi connectivity index (χ1) is 14.7. The van der Waals surface area contributed by atoms with E-state index in [-0.39, 0.29) is 33.9 Å². The molecule has 0 N–H and O–H groups in total. The standard InChI is InChI=1S/C18H17BrFN5O5S/c1-31(27,28)24-8-10-5-12(24)4-9(10)6-15-16(22-30-21-15)17-23-29-18(26)25(17)11-2-3-14(20)13(19)7-11/h2-3,7,9-10,12H,4-6,8H2,1H3. The highest BCUT2D eigenvalue weighted by Gasteiger charge is 2.48. The average molecular weight is 514 g/mol. The van der Waals surface area contributed by atoms with E-state index in [4.69, 9.17) is 9.15 Å². The average Bonchev–Trinajstić information content (AvgIpc) is 3.47. The van der Waals surface area contributed by atoms with E-state index < -0.39 is 21.6 Å². The van der Waals surface area contributed by atoms with Gasteiger partial charge in [-0.2, -0.15) is 4.31 Å². The zero-order chi connectivity index (χ0) is 21.9. The van der Waals surface area contributed by atoms with Gasteiger partial charge in [-0.3, -0.25) is 4.52 Å². The summed E-state index contributed by atoms with van der Waals surface area (Å²) in [6, 6.07) is 4.06. The molecule has 10 nitrogen and oxygen atoms in total. The molecule has 0 radical (unpaired) electrons. The molecule has 1 saturated heterocycles. The largest absolute Gasteiger partial charge is 0.446 e. The number of piperidine rings is 1. The topological polar surface area (TPSA) is 124 Å². The van der Waals surface area contributed by atoms with Crippen LogP contribution in [0.5, 0.6) is 0 Å². The highest BCUT2D eigenvalue weighted by molar-refractivity contribution is 9.10. The van der Waals surface area contributed by atoms with E-state index >= 15 is 0 Å². The summed E-state index contributed by atoms with van der Waals surface area (Å²) >= 11 is 3.11. The minimum Gasteiger partial charge on any atom is -0.295 e. The van der Waals surface area contributed by atoms with Crippen molar-refractivity contribution in [3.63, 3.8) is 0 Å². The lowest BCUT2D eigenvalue weighted by atomic mass is 9.90. The first-order valence-corrected chi connectivity index (χ1v) is 12.2. The fraction of sp³-hybridized carbons (Fsp3) is 0.444. The zero-order valence-electron chi connectivity index (χ0n) is 16.2. The van der Waals surface area contributed by atoms with Crippen LogP contribution in [0.4, 0.5) is 4.39 Å². The van der Waals surface area contributed by atoms with Gasteiger partial charge in [0.15, 0.2) is 5.69 Å². The van der Waals surface area contributed by atoms with Gasteiger partial charge in [-0.05, 0) is 70.4 Å². The van der Waals surface area contributed by atoms with Crippen LogP contribution in [0, 0.1) is 17.7 Å². The van der Waals surface area contributed by atoms with Crippen LogP contribution in [0.1, 0.15) is 18.5 Å². The molecule has 1 aliphatic heterocycles. The summed E-state index contributed by atoms with van der Waals surface area (Å²) in [5.41, 5.74) is 1.10. The molecule has 3 aromatic rings. The van der Waals surface area contributed by atoms with Gasteiger partial charge in [0.1, 0.15) is 11.5 Å². The van der Waals surface area contributed by atoms with Gasteiger partial charge in [0.2, 0.25) is 15.8 Å². The molecular weight excluding hydrogens is 497 g/mol. The minimum absolute atomic E-state index is 0.00453. The van der Waals surface area contributed by atoms with Gasteiger partial charge < -0.3 is 0 Å².